The topological polar surface area (TPSA) is 49.4 Å². The Hall–Kier alpha value is -2.40. The van der Waals surface area contributed by atoms with Crippen LogP contribution in [-0.2, 0) is 9.59 Å². The molecule has 2 rings (SSSR count). The van der Waals surface area contributed by atoms with Crippen molar-refractivity contribution in [2.45, 2.75) is 13.3 Å². The van der Waals surface area contributed by atoms with Crippen LogP contribution in [-0.4, -0.2) is 18.4 Å². The quantitative estimate of drug-likeness (QED) is 0.902. The van der Waals surface area contributed by atoms with Crippen molar-refractivity contribution in [3.05, 3.63) is 59.4 Å². The van der Waals surface area contributed by atoms with Gasteiger partial charge in [0.05, 0.1) is 0 Å². The number of anilines is 2. The number of hydrogen-bond acceptors (Lipinski definition) is 2. The highest BCUT2D eigenvalue weighted by molar-refractivity contribution is 6.30. The lowest BCUT2D eigenvalue weighted by Crippen LogP contribution is -2.31. The van der Waals surface area contributed by atoms with Gasteiger partial charge in [0, 0.05) is 36.3 Å². The number of rotatable bonds is 5. The molecule has 2 aromatic carbocycles. The summed E-state index contributed by atoms with van der Waals surface area (Å²) in [5, 5.41) is 3.17. The molecule has 0 saturated heterocycles. The van der Waals surface area contributed by atoms with Gasteiger partial charge in [-0.05, 0) is 42.5 Å². The van der Waals surface area contributed by atoms with Crippen LogP contribution in [0.15, 0.2) is 48.5 Å². The van der Waals surface area contributed by atoms with Gasteiger partial charge >= 0.3 is 0 Å². The molecule has 0 aromatic heterocycles. The third-order valence-corrected chi connectivity index (χ3v) is 3.44. The molecule has 0 unspecified atom stereocenters. The van der Waals surface area contributed by atoms with E-state index in [1.165, 1.54) is 30.0 Å². The van der Waals surface area contributed by atoms with E-state index < -0.39 is 5.82 Å². The van der Waals surface area contributed by atoms with Crippen molar-refractivity contribution in [2.75, 3.05) is 16.8 Å². The molecular formula is C17H16ClFN2O2. The number of nitrogens with zero attached hydrogens (tertiary/aromatic N) is 1. The van der Waals surface area contributed by atoms with E-state index in [1.54, 1.807) is 30.3 Å². The van der Waals surface area contributed by atoms with Crippen LogP contribution in [0.5, 0.6) is 0 Å². The normalized spacial score (nSPS) is 10.2. The summed E-state index contributed by atoms with van der Waals surface area (Å²) >= 11 is 5.83. The Kier molecular flexibility index (Phi) is 5.71. The lowest BCUT2D eigenvalue weighted by atomic mass is 10.2. The van der Waals surface area contributed by atoms with E-state index in [9.17, 15) is 14.0 Å². The highest BCUT2D eigenvalue weighted by atomic mass is 35.5. The van der Waals surface area contributed by atoms with Crippen LogP contribution >= 0.6 is 11.6 Å². The highest BCUT2D eigenvalue weighted by Crippen LogP contribution is 2.18. The number of carbonyl (C=O) groups excluding carboxylic acids is 2. The smallest absolute Gasteiger partial charge is 0.226 e. The molecule has 0 bridgehead atoms. The number of halogens is 2. The summed E-state index contributed by atoms with van der Waals surface area (Å²) in [4.78, 5) is 25.2. The Balaban J connectivity index is 1.97. The van der Waals surface area contributed by atoms with Crippen LogP contribution in [0.4, 0.5) is 15.8 Å². The molecule has 0 saturated carbocycles. The minimum Gasteiger partial charge on any atom is -0.326 e. The molecule has 120 valence electrons. The van der Waals surface area contributed by atoms with Crippen molar-refractivity contribution >= 4 is 34.8 Å². The summed E-state index contributed by atoms with van der Waals surface area (Å²) in [5.74, 6) is -0.893. The van der Waals surface area contributed by atoms with E-state index in [2.05, 4.69) is 5.32 Å². The maximum atomic E-state index is 13.1. The van der Waals surface area contributed by atoms with E-state index in [1.807, 2.05) is 0 Å². The zero-order chi connectivity index (χ0) is 16.8. The third-order valence-electron chi connectivity index (χ3n) is 3.19. The van der Waals surface area contributed by atoms with Crippen molar-refractivity contribution in [1.29, 1.82) is 0 Å². The molecule has 0 aliphatic rings. The molecule has 0 radical (unpaired) electrons. The Morgan fingerprint density at radius 2 is 1.87 bits per heavy atom. The van der Waals surface area contributed by atoms with Crippen molar-refractivity contribution in [3.8, 4) is 0 Å². The Morgan fingerprint density at radius 3 is 2.48 bits per heavy atom. The number of carbonyl (C=O) groups is 2. The molecule has 1 N–H and O–H groups in total. The number of benzene rings is 2. The summed E-state index contributed by atoms with van der Waals surface area (Å²) in [5.41, 5.74) is 1.05. The maximum absolute atomic E-state index is 13.1. The molecule has 0 spiro atoms. The first kappa shape index (κ1) is 17.0. The monoisotopic (exact) mass is 334 g/mol. The Labute approximate surface area is 138 Å². The van der Waals surface area contributed by atoms with Gasteiger partial charge in [-0.3, -0.25) is 9.59 Å². The lowest BCUT2D eigenvalue weighted by Gasteiger charge is -2.21. The van der Waals surface area contributed by atoms with E-state index in [0.29, 0.717) is 16.4 Å². The first-order valence-corrected chi connectivity index (χ1v) is 7.42. The second kappa shape index (κ2) is 7.74. The molecule has 0 fully saturated rings. The summed E-state index contributed by atoms with van der Waals surface area (Å²) in [6, 6.07) is 12.4. The van der Waals surface area contributed by atoms with Gasteiger partial charge in [-0.2, -0.15) is 0 Å². The molecule has 2 amide bonds. The average molecular weight is 335 g/mol. The molecule has 0 aliphatic heterocycles. The zero-order valence-electron chi connectivity index (χ0n) is 12.6. The summed E-state index contributed by atoms with van der Waals surface area (Å²) in [6.45, 7) is 1.65. The Bertz CT molecular complexity index is 704. The van der Waals surface area contributed by atoms with Gasteiger partial charge in [-0.25, -0.2) is 4.39 Å². The van der Waals surface area contributed by atoms with E-state index >= 15 is 0 Å². The number of nitrogens with one attached hydrogen (secondary N) is 1. The highest BCUT2D eigenvalue weighted by Gasteiger charge is 2.13. The van der Waals surface area contributed by atoms with E-state index in [4.69, 9.17) is 11.6 Å². The van der Waals surface area contributed by atoms with Gasteiger partial charge < -0.3 is 10.2 Å². The van der Waals surface area contributed by atoms with Crippen LogP contribution in [0.2, 0.25) is 5.02 Å². The van der Waals surface area contributed by atoms with Crippen molar-refractivity contribution in [2.24, 2.45) is 0 Å². The molecule has 2 aromatic rings. The standard InChI is InChI=1S/C17H16ClFN2O2/c1-12(22)21(16-7-5-13(18)6-8-16)10-9-17(23)20-15-4-2-3-14(19)11-15/h2-8,11H,9-10H2,1H3,(H,20,23). The fourth-order valence-corrected chi connectivity index (χ4v) is 2.22. The van der Waals surface area contributed by atoms with Crippen molar-refractivity contribution in [1.82, 2.24) is 0 Å². The predicted octanol–water partition coefficient (Wildman–Crippen LogP) is 3.86. The SMILES string of the molecule is CC(=O)N(CCC(=O)Nc1cccc(F)c1)c1ccc(Cl)cc1. The first-order valence-electron chi connectivity index (χ1n) is 7.05. The third kappa shape index (κ3) is 5.07. The van der Waals surface area contributed by atoms with Crippen LogP contribution in [0.1, 0.15) is 13.3 Å². The largest absolute Gasteiger partial charge is 0.326 e. The minimum atomic E-state index is -0.422. The van der Waals surface area contributed by atoms with E-state index in [0.717, 1.165) is 0 Å². The summed E-state index contributed by atoms with van der Waals surface area (Å²) in [7, 11) is 0. The molecule has 0 aliphatic carbocycles. The summed E-state index contributed by atoms with van der Waals surface area (Å²) in [6.07, 6.45) is 0.0960. The molecule has 23 heavy (non-hydrogen) atoms. The first-order chi connectivity index (χ1) is 11.0. The second-order valence-corrected chi connectivity index (χ2v) is 5.39. The lowest BCUT2D eigenvalue weighted by molar-refractivity contribution is -0.117. The van der Waals surface area contributed by atoms with Crippen molar-refractivity contribution < 1.29 is 14.0 Å². The van der Waals surface area contributed by atoms with Gasteiger partial charge in [-0.1, -0.05) is 17.7 Å². The molecule has 0 atom stereocenters. The minimum absolute atomic E-state index is 0.0960. The molecule has 6 heteroatoms. The number of amides is 2. The molecular weight excluding hydrogens is 319 g/mol. The predicted molar refractivity (Wildman–Crippen MR) is 89.1 cm³/mol. The molecule has 0 heterocycles. The Morgan fingerprint density at radius 1 is 1.17 bits per heavy atom. The van der Waals surface area contributed by atoms with Crippen molar-refractivity contribution in [3.63, 3.8) is 0 Å². The zero-order valence-corrected chi connectivity index (χ0v) is 13.3. The summed E-state index contributed by atoms with van der Waals surface area (Å²) < 4.78 is 13.1. The van der Waals surface area contributed by atoms with Crippen LogP contribution in [0, 0.1) is 5.82 Å². The van der Waals surface area contributed by atoms with E-state index in [-0.39, 0.29) is 24.8 Å². The fourth-order valence-electron chi connectivity index (χ4n) is 2.09. The van der Waals surface area contributed by atoms with Gasteiger partial charge in [0.15, 0.2) is 0 Å². The van der Waals surface area contributed by atoms with Gasteiger partial charge in [-0.15, -0.1) is 0 Å². The van der Waals surface area contributed by atoms with Crippen LogP contribution in [0.25, 0.3) is 0 Å². The van der Waals surface area contributed by atoms with Gasteiger partial charge in [0.25, 0.3) is 0 Å². The average Bonchev–Trinajstić information content (AvgIpc) is 2.49. The second-order valence-electron chi connectivity index (χ2n) is 4.96. The molecule has 4 nitrogen and oxygen atoms in total. The fraction of sp³-hybridized carbons (Fsp3) is 0.176. The van der Waals surface area contributed by atoms with Crippen LogP contribution in [0.3, 0.4) is 0 Å². The number of hydrogen-bond donors (Lipinski definition) is 1. The maximum Gasteiger partial charge on any atom is 0.226 e. The van der Waals surface area contributed by atoms with Gasteiger partial charge in [0.1, 0.15) is 5.82 Å². The van der Waals surface area contributed by atoms with Gasteiger partial charge in [0.2, 0.25) is 11.8 Å². The van der Waals surface area contributed by atoms with Crippen LogP contribution < -0.4 is 10.2 Å².